The summed E-state index contributed by atoms with van der Waals surface area (Å²) in [6, 6.07) is 5.47. The average molecular weight is 295 g/mol. The van der Waals surface area contributed by atoms with Crippen LogP contribution in [0.3, 0.4) is 0 Å². The molecule has 0 aromatic carbocycles. The van der Waals surface area contributed by atoms with Crippen LogP contribution in [0.15, 0.2) is 36.8 Å². The minimum atomic E-state index is -0.176. The van der Waals surface area contributed by atoms with Gasteiger partial charge in [-0.1, -0.05) is 0 Å². The smallest absolute Gasteiger partial charge is 0.256 e. The molecule has 0 saturated carbocycles. The van der Waals surface area contributed by atoms with Crippen molar-refractivity contribution in [3.63, 3.8) is 0 Å². The summed E-state index contributed by atoms with van der Waals surface area (Å²) in [6.45, 7) is 5.95. The number of hydrogen-bond acceptors (Lipinski definition) is 4. The van der Waals surface area contributed by atoms with E-state index in [1.54, 1.807) is 36.8 Å². The Kier molecular flexibility index (Phi) is 3.58. The van der Waals surface area contributed by atoms with Crippen molar-refractivity contribution in [2.24, 2.45) is 0 Å². The lowest BCUT2D eigenvalue weighted by Gasteiger charge is -2.09. The van der Waals surface area contributed by atoms with Crippen LogP contribution in [0.4, 0.5) is 5.69 Å². The third-order valence-corrected chi connectivity index (χ3v) is 3.37. The zero-order valence-electron chi connectivity index (χ0n) is 12.7. The van der Waals surface area contributed by atoms with Crippen LogP contribution in [-0.4, -0.2) is 25.7 Å². The van der Waals surface area contributed by atoms with Crippen LogP contribution in [0, 0.1) is 6.92 Å². The number of nitrogens with zero attached hydrogens (tertiary/aromatic N) is 4. The molecule has 0 atom stereocenters. The van der Waals surface area contributed by atoms with Gasteiger partial charge >= 0.3 is 0 Å². The molecule has 0 saturated heterocycles. The van der Waals surface area contributed by atoms with Gasteiger partial charge in [0.1, 0.15) is 0 Å². The number of nitrogens with one attached hydrogen (secondary N) is 1. The van der Waals surface area contributed by atoms with E-state index < -0.39 is 0 Å². The van der Waals surface area contributed by atoms with E-state index in [-0.39, 0.29) is 11.9 Å². The summed E-state index contributed by atoms with van der Waals surface area (Å²) in [5.74, 6) is -0.176. The number of hydrogen-bond donors (Lipinski definition) is 1. The number of carbonyl (C=O) groups is 1. The SMILES string of the molecule is Cc1cc(C(=O)Nc2ccncc2)c2cnn(C(C)C)c2n1. The molecule has 0 radical (unpaired) electrons. The van der Waals surface area contributed by atoms with Crippen LogP contribution in [0.5, 0.6) is 0 Å². The fourth-order valence-electron chi connectivity index (χ4n) is 2.34. The highest BCUT2D eigenvalue weighted by atomic mass is 16.1. The minimum Gasteiger partial charge on any atom is -0.322 e. The zero-order chi connectivity index (χ0) is 15.7. The van der Waals surface area contributed by atoms with Gasteiger partial charge in [-0.05, 0) is 39.0 Å². The second kappa shape index (κ2) is 5.55. The van der Waals surface area contributed by atoms with Gasteiger partial charge in [0.25, 0.3) is 5.91 Å². The first-order valence-electron chi connectivity index (χ1n) is 7.12. The fraction of sp³-hybridized carbons (Fsp3) is 0.250. The molecule has 3 aromatic heterocycles. The molecule has 3 rings (SSSR count). The third kappa shape index (κ3) is 2.55. The minimum absolute atomic E-state index is 0.176. The number of aromatic nitrogens is 4. The monoisotopic (exact) mass is 295 g/mol. The Morgan fingerprint density at radius 1 is 1.27 bits per heavy atom. The van der Waals surface area contributed by atoms with E-state index in [0.29, 0.717) is 11.3 Å². The van der Waals surface area contributed by atoms with Gasteiger partial charge in [0, 0.05) is 29.8 Å². The average Bonchev–Trinajstić information content (AvgIpc) is 2.91. The van der Waals surface area contributed by atoms with Gasteiger partial charge in [-0.2, -0.15) is 5.10 Å². The number of fused-ring (bicyclic) bond motifs is 1. The lowest BCUT2D eigenvalue weighted by Crippen LogP contribution is -2.13. The predicted octanol–water partition coefficient (Wildman–Crippen LogP) is 2.97. The van der Waals surface area contributed by atoms with E-state index in [2.05, 4.69) is 20.4 Å². The maximum absolute atomic E-state index is 12.6. The number of anilines is 1. The van der Waals surface area contributed by atoms with Gasteiger partial charge in [0.2, 0.25) is 0 Å². The first kappa shape index (κ1) is 14.2. The van der Waals surface area contributed by atoms with E-state index in [9.17, 15) is 4.79 Å². The highest BCUT2D eigenvalue weighted by Crippen LogP contribution is 2.22. The maximum Gasteiger partial charge on any atom is 0.256 e. The van der Waals surface area contributed by atoms with Crippen molar-refractivity contribution in [1.29, 1.82) is 0 Å². The lowest BCUT2D eigenvalue weighted by atomic mass is 10.1. The van der Waals surface area contributed by atoms with Crippen molar-refractivity contribution in [2.75, 3.05) is 5.32 Å². The number of aryl methyl sites for hydroxylation is 1. The molecule has 0 aliphatic carbocycles. The molecule has 0 fully saturated rings. The highest BCUT2D eigenvalue weighted by Gasteiger charge is 2.16. The lowest BCUT2D eigenvalue weighted by molar-refractivity contribution is 0.102. The summed E-state index contributed by atoms with van der Waals surface area (Å²) in [5.41, 5.74) is 2.80. The Labute approximate surface area is 128 Å². The molecule has 0 bridgehead atoms. The molecule has 6 nitrogen and oxygen atoms in total. The second-order valence-electron chi connectivity index (χ2n) is 5.42. The van der Waals surface area contributed by atoms with Crippen molar-refractivity contribution in [3.05, 3.63) is 48.0 Å². The van der Waals surface area contributed by atoms with Crippen LogP contribution in [-0.2, 0) is 0 Å². The van der Waals surface area contributed by atoms with Crippen molar-refractivity contribution < 1.29 is 4.79 Å². The molecule has 1 amide bonds. The quantitative estimate of drug-likeness (QED) is 0.806. The zero-order valence-corrected chi connectivity index (χ0v) is 12.7. The summed E-state index contributed by atoms with van der Waals surface area (Å²) in [5, 5.41) is 7.98. The number of carbonyl (C=O) groups excluding carboxylic acids is 1. The van der Waals surface area contributed by atoms with E-state index in [1.165, 1.54) is 0 Å². The summed E-state index contributed by atoms with van der Waals surface area (Å²) in [4.78, 5) is 21.0. The van der Waals surface area contributed by atoms with Crippen LogP contribution < -0.4 is 5.32 Å². The van der Waals surface area contributed by atoms with Gasteiger partial charge in [0.05, 0.1) is 17.1 Å². The molecule has 112 valence electrons. The van der Waals surface area contributed by atoms with E-state index in [0.717, 1.165) is 16.7 Å². The number of rotatable bonds is 3. The van der Waals surface area contributed by atoms with Crippen molar-refractivity contribution >= 4 is 22.6 Å². The Hall–Kier alpha value is -2.76. The molecule has 3 heterocycles. The van der Waals surface area contributed by atoms with E-state index in [4.69, 9.17) is 0 Å². The first-order valence-corrected chi connectivity index (χ1v) is 7.12. The molecule has 3 aromatic rings. The molecule has 22 heavy (non-hydrogen) atoms. The Morgan fingerprint density at radius 3 is 2.68 bits per heavy atom. The van der Waals surface area contributed by atoms with Crippen LogP contribution >= 0.6 is 0 Å². The van der Waals surface area contributed by atoms with Crippen LogP contribution in [0.2, 0.25) is 0 Å². The molecule has 0 aliphatic heterocycles. The number of amides is 1. The Bertz CT molecular complexity index is 823. The first-order chi connectivity index (χ1) is 10.6. The summed E-state index contributed by atoms with van der Waals surface area (Å²) >= 11 is 0. The maximum atomic E-state index is 12.6. The van der Waals surface area contributed by atoms with Crippen molar-refractivity contribution in [1.82, 2.24) is 19.7 Å². The Balaban J connectivity index is 2.05. The topological polar surface area (TPSA) is 72.7 Å². The third-order valence-electron chi connectivity index (χ3n) is 3.37. The van der Waals surface area contributed by atoms with Gasteiger partial charge in [-0.15, -0.1) is 0 Å². The normalized spacial score (nSPS) is 11.1. The van der Waals surface area contributed by atoms with Crippen LogP contribution in [0.1, 0.15) is 35.9 Å². The van der Waals surface area contributed by atoms with Gasteiger partial charge in [-0.3, -0.25) is 9.78 Å². The molecule has 6 heteroatoms. The van der Waals surface area contributed by atoms with Gasteiger partial charge in [-0.25, -0.2) is 9.67 Å². The summed E-state index contributed by atoms with van der Waals surface area (Å²) < 4.78 is 1.82. The van der Waals surface area contributed by atoms with Crippen molar-refractivity contribution in [2.45, 2.75) is 26.8 Å². The second-order valence-corrected chi connectivity index (χ2v) is 5.42. The highest BCUT2D eigenvalue weighted by molar-refractivity contribution is 6.11. The number of pyridine rings is 2. The Morgan fingerprint density at radius 2 is 2.00 bits per heavy atom. The van der Waals surface area contributed by atoms with E-state index >= 15 is 0 Å². The standard InChI is InChI=1S/C16H17N5O/c1-10(2)21-15-14(9-18-21)13(8-11(3)19-15)16(22)20-12-4-6-17-7-5-12/h4-10H,1-3H3,(H,17,20,22). The molecular weight excluding hydrogens is 278 g/mol. The molecular formula is C16H17N5O. The van der Waals surface area contributed by atoms with Gasteiger partial charge in [0.15, 0.2) is 5.65 Å². The summed E-state index contributed by atoms with van der Waals surface area (Å²) in [6.07, 6.45) is 4.98. The molecule has 0 aliphatic rings. The molecule has 0 spiro atoms. The largest absolute Gasteiger partial charge is 0.322 e. The van der Waals surface area contributed by atoms with Crippen LogP contribution in [0.25, 0.3) is 11.0 Å². The van der Waals surface area contributed by atoms with Crippen molar-refractivity contribution in [3.8, 4) is 0 Å². The predicted molar refractivity (Wildman–Crippen MR) is 84.8 cm³/mol. The van der Waals surface area contributed by atoms with Gasteiger partial charge < -0.3 is 5.32 Å². The molecule has 1 N–H and O–H groups in total. The fourth-order valence-corrected chi connectivity index (χ4v) is 2.34. The summed E-state index contributed by atoms with van der Waals surface area (Å²) in [7, 11) is 0. The van der Waals surface area contributed by atoms with E-state index in [1.807, 2.05) is 25.5 Å². The molecule has 0 unspecified atom stereocenters.